The van der Waals surface area contributed by atoms with Crippen LogP contribution in [0.25, 0.3) is 10.9 Å². The zero-order valence-corrected chi connectivity index (χ0v) is 12.6. The first kappa shape index (κ1) is 13.1. The lowest BCUT2D eigenvalue weighted by Crippen LogP contribution is -2.40. The van der Waals surface area contributed by atoms with E-state index < -0.39 is 0 Å². The minimum absolute atomic E-state index is 0.709. The third kappa shape index (κ3) is 2.65. The van der Waals surface area contributed by atoms with Crippen LogP contribution < -0.4 is 0 Å². The molecule has 1 aliphatic carbocycles. The van der Waals surface area contributed by atoms with Crippen LogP contribution >= 0.6 is 0 Å². The Bertz CT molecular complexity index is 599. The molecule has 0 bridgehead atoms. The zero-order chi connectivity index (χ0) is 14.1. The van der Waals surface area contributed by atoms with Crippen LogP contribution in [-0.2, 0) is 0 Å². The van der Waals surface area contributed by atoms with Gasteiger partial charge in [0.05, 0.1) is 0 Å². The van der Waals surface area contributed by atoms with Crippen LogP contribution in [0.5, 0.6) is 0 Å². The number of aromatic amines is 1. The van der Waals surface area contributed by atoms with Gasteiger partial charge in [0.1, 0.15) is 0 Å². The Hall–Kier alpha value is -1.54. The summed E-state index contributed by atoms with van der Waals surface area (Å²) in [5, 5.41) is 1.35. The van der Waals surface area contributed by atoms with Gasteiger partial charge in [-0.2, -0.15) is 0 Å². The predicted octanol–water partition coefficient (Wildman–Crippen LogP) is 4.46. The summed E-state index contributed by atoms with van der Waals surface area (Å²) in [7, 11) is 0. The summed E-state index contributed by atoms with van der Waals surface area (Å²) in [4.78, 5) is 6.32. The monoisotopic (exact) mass is 280 g/mol. The van der Waals surface area contributed by atoms with Gasteiger partial charge in [-0.25, -0.2) is 0 Å². The van der Waals surface area contributed by atoms with E-state index >= 15 is 0 Å². The molecule has 21 heavy (non-hydrogen) atoms. The Balaban J connectivity index is 1.44. The average Bonchev–Trinajstić information content (AvgIpc) is 3.00. The van der Waals surface area contributed by atoms with Gasteiger partial charge in [-0.3, -0.25) is 4.90 Å². The molecule has 1 aliphatic heterocycles. The lowest BCUT2D eigenvalue weighted by molar-refractivity contribution is 0.166. The van der Waals surface area contributed by atoms with E-state index in [0.29, 0.717) is 12.0 Å². The molecule has 2 heteroatoms. The Morgan fingerprint density at radius 1 is 1.05 bits per heavy atom. The lowest BCUT2D eigenvalue weighted by atomic mass is 9.91. The number of benzene rings is 1. The Labute approximate surface area is 126 Å². The zero-order valence-electron chi connectivity index (χ0n) is 12.6. The second-order valence-electron chi connectivity index (χ2n) is 6.55. The smallest absolute Gasteiger partial charge is 0.0456 e. The van der Waals surface area contributed by atoms with Crippen molar-refractivity contribution in [2.75, 3.05) is 13.1 Å². The summed E-state index contributed by atoms with van der Waals surface area (Å²) < 4.78 is 0. The maximum absolute atomic E-state index is 3.63. The van der Waals surface area contributed by atoms with Crippen LogP contribution in [0, 0.1) is 0 Å². The lowest BCUT2D eigenvalue weighted by Gasteiger charge is -2.37. The van der Waals surface area contributed by atoms with E-state index in [1.807, 2.05) is 0 Å². The third-order valence-corrected chi connectivity index (χ3v) is 5.22. The molecule has 0 radical (unpaired) electrons. The van der Waals surface area contributed by atoms with Crippen molar-refractivity contribution in [1.29, 1.82) is 0 Å². The first-order valence-corrected chi connectivity index (χ1v) is 8.38. The van der Waals surface area contributed by atoms with E-state index in [0.717, 1.165) is 0 Å². The number of para-hydroxylation sites is 1. The number of nitrogens with one attached hydrogen (secondary N) is 1. The van der Waals surface area contributed by atoms with Gasteiger partial charge in [-0.15, -0.1) is 0 Å². The van der Waals surface area contributed by atoms with Gasteiger partial charge in [0.2, 0.25) is 0 Å². The summed E-state index contributed by atoms with van der Waals surface area (Å²) in [6.45, 7) is 2.49. The molecular formula is C19H24N2. The maximum atomic E-state index is 3.63. The van der Waals surface area contributed by atoms with Gasteiger partial charge >= 0.3 is 0 Å². The second kappa shape index (κ2) is 5.69. The first-order valence-electron chi connectivity index (χ1n) is 8.38. The summed E-state index contributed by atoms with van der Waals surface area (Å²) in [5.41, 5.74) is 2.72. The summed E-state index contributed by atoms with van der Waals surface area (Å²) in [6, 6.07) is 11.7. The highest BCUT2D eigenvalue weighted by Gasteiger charge is 2.25. The number of H-pyrrole nitrogens is 1. The SMILES string of the molecule is C1=CC(N2CCC(c3cc4ccccc4[nH]3)CC2)CCC1. The molecule has 0 saturated carbocycles. The molecule has 1 aromatic carbocycles. The number of hydrogen-bond donors (Lipinski definition) is 1. The van der Waals surface area contributed by atoms with Crippen LogP contribution in [0.4, 0.5) is 0 Å². The Morgan fingerprint density at radius 3 is 2.67 bits per heavy atom. The number of rotatable bonds is 2. The van der Waals surface area contributed by atoms with Crippen LogP contribution in [0.15, 0.2) is 42.5 Å². The molecule has 1 aromatic heterocycles. The van der Waals surface area contributed by atoms with Crippen LogP contribution in [0.3, 0.4) is 0 Å². The highest BCUT2D eigenvalue weighted by Crippen LogP contribution is 2.31. The summed E-state index contributed by atoms with van der Waals surface area (Å²) >= 11 is 0. The van der Waals surface area contributed by atoms with Crippen molar-refractivity contribution in [2.45, 2.75) is 44.1 Å². The van der Waals surface area contributed by atoms with Crippen molar-refractivity contribution >= 4 is 10.9 Å². The van der Waals surface area contributed by atoms with Crippen molar-refractivity contribution < 1.29 is 0 Å². The van der Waals surface area contributed by atoms with Crippen molar-refractivity contribution in [1.82, 2.24) is 9.88 Å². The maximum Gasteiger partial charge on any atom is 0.0456 e. The van der Waals surface area contributed by atoms with Crippen LogP contribution in [-0.4, -0.2) is 29.0 Å². The number of likely N-dealkylation sites (tertiary alicyclic amines) is 1. The molecule has 1 fully saturated rings. The molecule has 1 N–H and O–H groups in total. The topological polar surface area (TPSA) is 19.0 Å². The Kier molecular flexibility index (Phi) is 3.56. The minimum atomic E-state index is 0.709. The molecule has 1 atom stereocenters. The van der Waals surface area contributed by atoms with E-state index in [2.05, 4.69) is 52.4 Å². The highest BCUT2D eigenvalue weighted by atomic mass is 15.2. The van der Waals surface area contributed by atoms with Crippen molar-refractivity contribution in [3.63, 3.8) is 0 Å². The highest BCUT2D eigenvalue weighted by molar-refractivity contribution is 5.80. The molecule has 2 nitrogen and oxygen atoms in total. The van der Waals surface area contributed by atoms with E-state index in [4.69, 9.17) is 0 Å². The van der Waals surface area contributed by atoms with Crippen molar-refractivity contribution in [3.8, 4) is 0 Å². The van der Waals surface area contributed by atoms with Gasteiger partial charge in [0, 0.05) is 23.2 Å². The Morgan fingerprint density at radius 2 is 1.90 bits per heavy atom. The van der Waals surface area contributed by atoms with E-state index in [-0.39, 0.29) is 0 Å². The standard InChI is InChI=1S/C19H24N2/c1-2-7-17(8-3-1)21-12-10-15(11-13-21)19-14-16-6-4-5-9-18(16)20-19/h2,4-7,9,14-15,17,20H,1,3,8,10-13H2. The van der Waals surface area contributed by atoms with Gasteiger partial charge in [-0.05, 0) is 62.7 Å². The number of hydrogen-bond acceptors (Lipinski definition) is 1. The molecule has 2 heterocycles. The van der Waals surface area contributed by atoms with E-state index in [9.17, 15) is 0 Å². The number of aromatic nitrogens is 1. The van der Waals surface area contributed by atoms with Gasteiger partial charge in [-0.1, -0.05) is 30.4 Å². The van der Waals surface area contributed by atoms with Crippen molar-refractivity contribution in [2.24, 2.45) is 0 Å². The molecule has 1 saturated heterocycles. The normalized spacial score (nSPS) is 24.7. The van der Waals surface area contributed by atoms with Crippen LogP contribution in [0.2, 0.25) is 0 Å². The molecular weight excluding hydrogens is 256 g/mol. The third-order valence-electron chi connectivity index (χ3n) is 5.22. The van der Waals surface area contributed by atoms with Gasteiger partial charge in [0.15, 0.2) is 0 Å². The van der Waals surface area contributed by atoms with E-state index in [1.54, 1.807) is 0 Å². The fraction of sp³-hybridized carbons (Fsp3) is 0.474. The van der Waals surface area contributed by atoms with Crippen LogP contribution in [0.1, 0.15) is 43.7 Å². The fourth-order valence-corrected chi connectivity index (χ4v) is 3.96. The minimum Gasteiger partial charge on any atom is -0.358 e. The molecule has 2 aliphatic rings. The summed E-state index contributed by atoms with van der Waals surface area (Å²) in [5.74, 6) is 0.709. The predicted molar refractivity (Wildman–Crippen MR) is 88.6 cm³/mol. The molecule has 1 unspecified atom stereocenters. The summed E-state index contributed by atoms with van der Waals surface area (Å²) in [6.07, 6.45) is 11.4. The molecule has 110 valence electrons. The molecule has 0 spiro atoms. The molecule has 0 amide bonds. The molecule has 4 rings (SSSR count). The number of fused-ring (bicyclic) bond motifs is 1. The van der Waals surface area contributed by atoms with Gasteiger partial charge in [0.25, 0.3) is 0 Å². The van der Waals surface area contributed by atoms with Gasteiger partial charge < -0.3 is 4.98 Å². The van der Waals surface area contributed by atoms with E-state index in [1.165, 1.54) is 61.8 Å². The fourth-order valence-electron chi connectivity index (χ4n) is 3.96. The number of allylic oxidation sites excluding steroid dienone is 1. The van der Waals surface area contributed by atoms with Crippen molar-refractivity contribution in [3.05, 3.63) is 48.2 Å². The number of nitrogens with zero attached hydrogens (tertiary/aromatic N) is 1. The average molecular weight is 280 g/mol. The number of piperidine rings is 1. The quantitative estimate of drug-likeness (QED) is 0.805. The molecule has 2 aromatic rings. The largest absolute Gasteiger partial charge is 0.358 e. The first-order chi connectivity index (χ1) is 10.4. The second-order valence-corrected chi connectivity index (χ2v) is 6.55.